The maximum absolute atomic E-state index is 9.87. The van der Waals surface area contributed by atoms with Crippen molar-refractivity contribution in [2.45, 2.75) is 6.92 Å². The maximum Gasteiger partial charge on any atom is 0.166 e. The molecule has 14 heavy (non-hydrogen) atoms. The summed E-state index contributed by atoms with van der Waals surface area (Å²) < 4.78 is 5.93. The molecule has 1 N–H and O–H groups in total. The predicted octanol–water partition coefficient (Wildman–Crippen LogP) is 3.58. The van der Waals surface area contributed by atoms with E-state index < -0.39 is 0 Å². The summed E-state index contributed by atoms with van der Waals surface area (Å²) in [5, 5.41) is 13.2. The molecule has 0 spiro atoms. The summed E-state index contributed by atoms with van der Waals surface area (Å²) in [6.45, 7) is 1.94. The molecule has 4 heteroatoms. The van der Waals surface area contributed by atoms with Gasteiger partial charge in [-0.25, -0.2) is 0 Å². The van der Waals surface area contributed by atoms with E-state index in [2.05, 4.69) is 0 Å². The second kappa shape index (κ2) is 3.33. The Balaban J connectivity index is 2.91. The molecule has 0 bridgehead atoms. The molecular weight excluding hydrogens is 220 g/mol. The molecule has 0 aliphatic rings. The molecule has 74 valence electrons. The number of phenolic OH excluding ortho intramolecular Hbond substituents is 1. The van der Waals surface area contributed by atoms with Crippen molar-refractivity contribution in [3.63, 3.8) is 0 Å². The van der Waals surface area contributed by atoms with Crippen molar-refractivity contribution in [1.29, 1.82) is 0 Å². The van der Waals surface area contributed by atoms with Crippen molar-refractivity contribution >= 4 is 33.0 Å². The second-order valence-corrected chi connectivity index (χ2v) is 4.32. The van der Waals surface area contributed by atoms with Crippen LogP contribution in [0.5, 0.6) is 11.5 Å². The number of aryl methyl sites for hydroxylation is 1. The van der Waals surface area contributed by atoms with Gasteiger partial charge in [-0.15, -0.1) is 11.3 Å². The van der Waals surface area contributed by atoms with Gasteiger partial charge < -0.3 is 9.84 Å². The molecule has 0 unspecified atom stereocenters. The summed E-state index contributed by atoms with van der Waals surface area (Å²) in [5.74, 6) is 0.592. The van der Waals surface area contributed by atoms with Crippen LogP contribution in [0.2, 0.25) is 5.02 Å². The van der Waals surface area contributed by atoms with Crippen molar-refractivity contribution in [2.75, 3.05) is 7.11 Å². The number of thiophene rings is 1. The third-order valence-corrected chi connectivity index (χ3v) is 3.68. The molecule has 0 aliphatic carbocycles. The smallest absolute Gasteiger partial charge is 0.166 e. The molecule has 0 radical (unpaired) electrons. The van der Waals surface area contributed by atoms with Crippen LogP contribution >= 0.6 is 22.9 Å². The van der Waals surface area contributed by atoms with Crippen molar-refractivity contribution in [3.05, 3.63) is 22.0 Å². The van der Waals surface area contributed by atoms with Gasteiger partial charge in [-0.2, -0.15) is 0 Å². The Labute approximate surface area is 90.7 Å². The summed E-state index contributed by atoms with van der Waals surface area (Å²) >= 11 is 7.57. The van der Waals surface area contributed by atoms with E-state index in [9.17, 15) is 5.11 Å². The lowest BCUT2D eigenvalue weighted by Crippen LogP contribution is -1.84. The van der Waals surface area contributed by atoms with Crippen LogP contribution in [0.1, 0.15) is 5.56 Å². The quantitative estimate of drug-likeness (QED) is 0.809. The molecule has 0 atom stereocenters. The van der Waals surface area contributed by atoms with Gasteiger partial charge >= 0.3 is 0 Å². The number of ether oxygens (including phenoxy) is 1. The lowest BCUT2D eigenvalue weighted by Gasteiger charge is -2.06. The van der Waals surface area contributed by atoms with Crippen molar-refractivity contribution in [3.8, 4) is 11.5 Å². The molecular formula is C10H9ClO2S. The number of aromatic hydroxyl groups is 1. The van der Waals surface area contributed by atoms with Crippen LogP contribution in [0.3, 0.4) is 0 Å². The van der Waals surface area contributed by atoms with Crippen molar-refractivity contribution in [2.24, 2.45) is 0 Å². The highest BCUT2D eigenvalue weighted by Crippen LogP contribution is 2.43. The zero-order chi connectivity index (χ0) is 10.3. The van der Waals surface area contributed by atoms with E-state index in [0.717, 1.165) is 15.6 Å². The molecule has 0 saturated carbocycles. The third-order valence-electron chi connectivity index (χ3n) is 2.14. The molecule has 0 fully saturated rings. The fourth-order valence-electron chi connectivity index (χ4n) is 1.44. The molecule has 1 heterocycles. The van der Waals surface area contributed by atoms with E-state index in [4.69, 9.17) is 16.3 Å². The van der Waals surface area contributed by atoms with E-state index in [1.54, 1.807) is 6.07 Å². The standard InChI is InChI=1S/C10H9ClO2S/c1-5-4-14-10-6(11)3-7(13-2)9(12)8(5)10/h3-4,12H,1-2H3. The van der Waals surface area contributed by atoms with Gasteiger partial charge in [0, 0.05) is 11.5 Å². The lowest BCUT2D eigenvalue weighted by atomic mass is 10.1. The van der Waals surface area contributed by atoms with Gasteiger partial charge in [-0.1, -0.05) is 11.6 Å². The van der Waals surface area contributed by atoms with Crippen LogP contribution in [0, 0.1) is 6.92 Å². The number of halogens is 1. The first-order chi connectivity index (χ1) is 6.65. The molecule has 0 saturated heterocycles. The Morgan fingerprint density at radius 2 is 2.21 bits per heavy atom. The van der Waals surface area contributed by atoms with E-state index in [-0.39, 0.29) is 5.75 Å². The first kappa shape index (κ1) is 9.62. The minimum Gasteiger partial charge on any atom is -0.504 e. The molecule has 2 nitrogen and oxygen atoms in total. The van der Waals surface area contributed by atoms with E-state index >= 15 is 0 Å². The summed E-state index contributed by atoms with van der Waals surface area (Å²) in [5.41, 5.74) is 1.02. The maximum atomic E-state index is 9.87. The van der Waals surface area contributed by atoms with Crippen LogP contribution in [0.25, 0.3) is 10.1 Å². The third kappa shape index (κ3) is 1.24. The first-order valence-electron chi connectivity index (χ1n) is 4.08. The highest BCUT2D eigenvalue weighted by Gasteiger charge is 2.14. The highest BCUT2D eigenvalue weighted by molar-refractivity contribution is 7.18. The molecule has 2 rings (SSSR count). The van der Waals surface area contributed by atoms with Gasteiger partial charge in [-0.05, 0) is 17.9 Å². The number of fused-ring (bicyclic) bond motifs is 1. The molecule has 2 aromatic rings. The van der Waals surface area contributed by atoms with Gasteiger partial charge in [0.2, 0.25) is 0 Å². The van der Waals surface area contributed by atoms with Gasteiger partial charge in [-0.3, -0.25) is 0 Å². The number of hydrogen-bond acceptors (Lipinski definition) is 3. The van der Waals surface area contributed by atoms with Crippen LogP contribution in [0.4, 0.5) is 0 Å². The van der Waals surface area contributed by atoms with E-state index in [1.165, 1.54) is 18.4 Å². The van der Waals surface area contributed by atoms with Gasteiger partial charge in [0.05, 0.1) is 16.8 Å². The van der Waals surface area contributed by atoms with Crippen LogP contribution in [-0.2, 0) is 0 Å². The Hall–Kier alpha value is -0.930. The van der Waals surface area contributed by atoms with Crippen LogP contribution in [0.15, 0.2) is 11.4 Å². The van der Waals surface area contributed by atoms with Crippen LogP contribution in [-0.4, -0.2) is 12.2 Å². The van der Waals surface area contributed by atoms with E-state index in [1.807, 2.05) is 12.3 Å². The predicted molar refractivity (Wildman–Crippen MR) is 59.8 cm³/mol. The Bertz CT molecular complexity index is 490. The summed E-state index contributed by atoms with van der Waals surface area (Å²) in [4.78, 5) is 0. The number of methoxy groups -OCH3 is 1. The topological polar surface area (TPSA) is 29.5 Å². The summed E-state index contributed by atoms with van der Waals surface area (Å²) in [7, 11) is 1.51. The summed E-state index contributed by atoms with van der Waals surface area (Å²) in [6, 6.07) is 1.63. The molecule has 1 aromatic heterocycles. The minimum atomic E-state index is 0.172. The zero-order valence-corrected chi connectivity index (χ0v) is 9.37. The van der Waals surface area contributed by atoms with E-state index in [0.29, 0.717) is 10.8 Å². The van der Waals surface area contributed by atoms with Crippen molar-refractivity contribution < 1.29 is 9.84 Å². The zero-order valence-electron chi connectivity index (χ0n) is 7.80. The largest absolute Gasteiger partial charge is 0.504 e. The second-order valence-electron chi connectivity index (χ2n) is 3.03. The monoisotopic (exact) mass is 228 g/mol. The van der Waals surface area contributed by atoms with Crippen LogP contribution < -0.4 is 4.74 Å². The molecule has 0 aliphatic heterocycles. The summed E-state index contributed by atoms with van der Waals surface area (Å²) in [6.07, 6.45) is 0. The van der Waals surface area contributed by atoms with Gasteiger partial charge in [0.25, 0.3) is 0 Å². The number of hydrogen-bond donors (Lipinski definition) is 1. The van der Waals surface area contributed by atoms with Gasteiger partial charge in [0.1, 0.15) is 0 Å². The Kier molecular flexibility index (Phi) is 2.29. The number of phenols is 1. The Morgan fingerprint density at radius 3 is 2.86 bits per heavy atom. The first-order valence-corrected chi connectivity index (χ1v) is 5.34. The molecule has 1 aromatic carbocycles. The average molecular weight is 229 g/mol. The minimum absolute atomic E-state index is 0.172. The number of benzene rings is 1. The lowest BCUT2D eigenvalue weighted by molar-refractivity contribution is 0.376. The normalized spacial score (nSPS) is 10.8. The molecule has 0 amide bonds. The SMILES string of the molecule is COc1cc(Cl)c2scc(C)c2c1O. The fourth-order valence-corrected chi connectivity index (χ4v) is 2.73. The highest BCUT2D eigenvalue weighted by atomic mass is 35.5. The average Bonchev–Trinajstić information content (AvgIpc) is 2.54. The Morgan fingerprint density at radius 1 is 1.50 bits per heavy atom. The van der Waals surface area contributed by atoms with Gasteiger partial charge in [0.15, 0.2) is 11.5 Å². The van der Waals surface area contributed by atoms with Crippen molar-refractivity contribution in [1.82, 2.24) is 0 Å². The number of rotatable bonds is 1. The fraction of sp³-hybridized carbons (Fsp3) is 0.200.